The Labute approximate surface area is 187 Å². The van der Waals surface area contributed by atoms with Crippen LogP contribution >= 0.6 is 11.3 Å². The van der Waals surface area contributed by atoms with Crippen molar-refractivity contribution in [3.8, 4) is 5.75 Å². The predicted octanol–water partition coefficient (Wildman–Crippen LogP) is -2.00. The largest absolute Gasteiger partial charge is 0.503 e. The number of hydrogen-bond donors (Lipinski definition) is 6. The molecule has 3 unspecified atom stereocenters. The van der Waals surface area contributed by atoms with E-state index in [0.29, 0.717) is 0 Å². The SMILES string of the molecule is Nc1nc(C(=NOC(O)c2cc(=O)c(O)c[nH]2)C(=O)NC2C(=O)N(S(=O)(=O)O)C2CF)cs1. The molecule has 1 aliphatic rings. The molecule has 2 aromatic heterocycles. The van der Waals surface area contributed by atoms with E-state index in [2.05, 4.69) is 20.4 Å². The number of aliphatic hydroxyl groups is 1. The quantitative estimate of drug-likeness (QED) is 0.0752. The normalized spacial score (nSPS) is 19.7. The van der Waals surface area contributed by atoms with Gasteiger partial charge in [-0.05, 0) is 0 Å². The third kappa shape index (κ3) is 4.92. The van der Waals surface area contributed by atoms with Crippen molar-refractivity contribution in [2.75, 3.05) is 12.4 Å². The molecule has 7 N–H and O–H groups in total. The monoisotopic (exact) mass is 506 g/mol. The van der Waals surface area contributed by atoms with E-state index >= 15 is 0 Å². The number of aromatic nitrogens is 2. The number of hydrogen-bond acceptors (Lipinski definition) is 12. The summed E-state index contributed by atoms with van der Waals surface area (Å²) in [5.74, 6) is -3.11. The zero-order valence-electron chi connectivity index (χ0n) is 16.1. The summed E-state index contributed by atoms with van der Waals surface area (Å²) in [6.07, 6.45) is -1.04. The molecular formula is C15H15FN6O9S2. The lowest BCUT2D eigenvalue weighted by Crippen LogP contribution is -2.73. The van der Waals surface area contributed by atoms with E-state index in [-0.39, 0.29) is 20.8 Å². The first kappa shape index (κ1) is 24.0. The molecule has 15 nitrogen and oxygen atoms in total. The van der Waals surface area contributed by atoms with E-state index < -0.39 is 64.1 Å². The Kier molecular flexibility index (Phi) is 6.63. The van der Waals surface area contributed by atoms with Crippen molar-refractivity contribution in [3.63, 3.8) is 0 Å². The Morgan fingerprint density at radius 1 is 1.48 bits per heavy atom. The van der Waals surface area contributed by atoms with E-state index in [9.17, 15) is 37.4 Å². The number of aromatic amines is 1. The highest BCUT2D eigenvalue weighted by molar-refractivity contribution is 7.84. The van der Waals surface area contributed by atoms with Gasteiger partial charge in [-0.15, -0.1) is 11.3 Å². The number of nitrogens with zero attached hydrogens (tertiary/aromatic N) is 3. The van der Waals surface area contributed by atoms with Gasteiger partial charge < -0.3 is 31.1 Å². The molecule has 3 rings (SSSR count). The van der Waals surface area contributed by atoms with Gasteiger partial charge in [0.05, 0.1) is 5.69 Å². The van der Waals surface area contributed by atoms with Crippen molar-refractivity contribution in [3.05, 3.63) is 39.3 Å². The van der Waals surface area contributed by atoms with Gasteiger partial charge >= 0.3 is 10.3 Å². The second-order valence-corrected chi connectivity index (χ2v) is 8.57. The number of anilines is 1. The molecule has 0 radical (unpaired) electrons. The molecule has 33 heavy (non-hydrogen) atoms. The maximum Gasteiger partial charge on any atom is 0.362 e. The van der Waals surface area contributed by atoms with E-state index in [1.54, 1.807) is 0 Å². The van der Waals surface area contributed by atoms with Crippen molar-refractivity contribution in [1.82, 2.24) is 19.6 Å². The fourth-order valence-electron chi connectivity index (χ4n) is 2.71. The van der Waals surface area contributed by atoms with Gasteiger partial charge in [0.25, 0.3) is 18.1 Å². The average Bonchev–Trinajstić information content (AvgIpc) is 3.16. The van der Waals surface area contributed by atoms with Crippen molar-refractivity contribution < 1.29 is 42.0 Å². The fraction of sp³-hybridized carbons (Fsp3) is 0.267. The number of aromatic hydroxyl groups is 1. The summed E-state index contributed by atoms with van der Waals surface area (Å²) >= 11 is 0.897. The molecule has 2 aromatic rings. The van der Waals surface area contributed by atoms with Gasteiger partial charge in [-0.2, -0.15) is 8.42 Å². The van der Waals surface area contributed by atoms with Crippen LogP contribution in [0.4, 0.5) is 9.52 Å². The lowest BCUT2D eigenvalue weighted by atomic mass is 10.00. The smallest absolute Gasteiger partial charge is 0.362 e. The lowest BCUT2D eigenvalue weighted by molar-refractivity contribution is -0.145. The number of β-lactam (4-membered cyclic amide) rings is 1. The highest BCUT2D eigenvalue weighted by Crippen LogP contribution is 2.24. The number of alkyl halides is 1. The van der Waals surface area contributed by atoms with Crippen molar-refractivity contribution >= 4 is 44.3 Å². The molecule has 1 saturated heterocycles. The van der Waals surface area contributed by atoms with E-state index in [0.717, 1.165) is 23.6 Å². The number of carbonyl (C=O) groups is 2. The summed E-state index contributed by atoms with van der Waals surface area (Å²) in [6.45, 7) is -1.41. The number of amides is 2. The summed E-state index contributed by atoms with van der Waals surface area (Å²) < 4.78 is 44.5. The number of oxime groups is 1. The van der Waals surface area contributed by atoms with Crippen LogP contribution in [0.5, 0.6) is 5.75 Å². The van der Waals surface area contributed by atoms with Crippen LogP contribution in [-0.2, 0) is 24.7 Å². The molecule has 1 fully saturated rings. The van der Waals surface area contributed by atoms with Crippen molar-refractivity contribution in [1.29, 1.82) is 0 Å². The van der Waals surface area contributed by atoms with Crippen LogP contribution in [0, 0.1) is 0 Å². The van der Waals surface area contributed by atoms with Gasteiger partial charge in [-0.25, -0.2) is 13.7 Å². The lowest BCUT2D eigenvalue weighted by Gasteiger charge is -2.42. The van der Waals surface area contributed by atoms with Crippen LogP contribution in [0.2, 0.25) is 0 Å². The molecule has 0 saturated carbocycles. The van der Waals surface area contributed by atoms with Gasteiger partial charge in [0.1, 0.15) is 24.5 Å². The number of H-pyrrole nitrogens is 1. The van der Waals surface area contributed by atoms with Gasteiger partial charge in [-0.1, -0.05) is 5.16 Å². The van der Waals surface area contributed by atoms with Crippen molar-refractivity contribution in [2.24, 2.45) is 5.16 Å². The third-order valence-electron chi connectivity index (χ3n) is 4.27. The Hall–Kier alpha value is -3.61. The Balaban J connectivity index is 1.84. The summed E-state index contributed by atoms with van der Waals surface area (Å²) in [5.41, 5.74) is 3.63. The van der Waals surface area contributed by atoms with Crippen LogP contribution in [-0.4, -0.2) is 73.7 Å². The molecule has 0 aliphatic carbocycles. The van der Waals surface area contributed by atoms with E-state index in [1.165, 1.54) is 5.38 Å². The molecule has 0 aromatic carbocycles. The number of nitrogens with two attached hydrogens (primary N) is 1. The first-order valence-electron chi connectivity index (χ1n) is 8.66. The molecule has 0 bridgehead atoms. The van der Waals surface area contributed by atoms with E-state index in [1.807, 2.05) is 0 Å². The maximum atomic E-state index is 13.2. The standard InChI is InChI=1S/C15H15FN6O9S2/c16-2-7-11(13(26)22(7)33(28,29)30)20-12(25)10(6-4-32-15(17)19-6)21-31-14(27)5-1-8(23)9(24)3-18-5/h1,3-4,7,11,14,24,27H,2H2,(H2,17,19)(H,18,23)(H,20,25)(H,28,29,30). The van der Waals surface area contributed by atoms with Crippen LogP contribution in [0.1, 0.15) is 17.7 Å². The van der Waals surface area contributed by atoms with Crippen LogP contribution in [0.3, 0.4) is 0 Å². The Morgan fingerprint density at radius 3 is 2.73 bits per heavy atom. The minimum atomic E-state index is -5.04. The number of aliphatic hydroxyl groups excluding tert-OH is 1. The minimum Gasteiger partial charge on any atom is -0.503 e. The molecule has 178 valence electrons. The van der Waals surface area contributed by atoms with E-state index in [4.69, 9.17) is 15.1 Å². The minimum absolute atomic E-state index is 0.00724. The molecule has 18 heteroatoms. The number of rotatable bonds is 8. The average molecular weight is 506 g/mol. The number of nitrogens with one attached hydrogen (secondary N) is 2. The molecule has 0 spiro atoms. The highest BCUT2D eigenvalue weighted by Gasteiger charge is 2.54. The number of pyridine rings is 1. The first-order valence-corrected chi connectivity index (χ1v) is 10.9. The number of halogens is 1. The van der Waals surface area contributed by atoms with Gasteiger partial charge in [0.15, 0.2) is 16.6 Å². The summed E-state index contributed by atoms with van der Waals surface area (Å²) in [4.78, 5) is 47.2. The Morgan fingerprint density at radius 2 is 2.18 bits per heavy atom. The Bertz CT molecular complexity index is 1280. The van der Waals surface area contributed by atoms with Gasteiger partial charge in [0, 0.05) is 17.6 Å². The molecular weight excluding hydrogens is 491 g/mol. The molecule has 3 heterocycles. The summed E-state index contributed by atoms with van der Waals surface area (Å²) in [5, 5.41) is 26.1. The first-order chi connectivity index (χ1) is 15.4. The summed E-state index contributed by atoms with van der Waals surface area (Å²) in [7, 11) is -5.04. The second-order valence-electron chi connectivity index (χ2n) is 6.39. The summed E-state index contributed by atoms with van der Waals surface area (Å²) in [6, 6.07) is -2.56. The number of nitrogen functional groups attached to an aromatic ring is 1. The molecule has 1 aliphatic heterocycles. The van der Waals surface area contributed by atoms with Crippen LogP contribution in [0.15, 0.2) is 27.6 Å². The van der Waals surface area contributed by atoms with Gasteiger partial charge in [0.2, 0.25) is 5.43 Å². The zero-order chi connectivity index (χ0) is 24.5. The van der Waals surface area contributed by atoms with Crippen LogP contribution < -0.4 is 16.5 Å². The van der Waals surface area contributed by atoms with Gasteiger partial charge in [-0.3, -0.25) is 18.9 Å². The van der Waals surface area contributed by atoms with Crippen LogP contribution in [0.25, 0.3) is 0 Å². The second kappa shape index (κ2) is 9.10. The predicted molar refractivity (Wildman–Crippen MR) is 108 cm³/mol. The molecule has 2 amide bonds. The van der Waals surface area contributed by atoms with Crippen molar-refractivity contribution in [2.45, 2.75) is 18.4 Å². The molecule has 3 atom stereocenters. The topological polar surface area (TPSA) is 238 Å². The number of thiazole rings is 1. The highest BCUT2D eigenvalue weighted by atomic mass is 32.2. The fourth-order valence-corrected chi connectivity index (χ4v) is 4.11. The third-order valence-corrected chi connectivity index (χ3v) is 5.89. The zero-order valence-corrected chi connectivity index (χ0v) is 17.7. The number of carbonyl (C=O) groups excluding carboxylic acids is 2. The maximum absolute atomic E-state index is 13.2.